The van der Waals surface area contributed by atoms with E-state index in [2.05, 4.69) is 25.7 Å². The molecule has 0 aromatic carbocycles. The fraction of sp³-hybridized carbons (Fsp3) is 0.500. The number of rotatable bonds is 6. The molecule has 0 unspecified atom stereocenters. The van der Waals surface area contributed by atoms with Crippen LogP contribution in [0.15, 0.2) is 6.07 Å². The number of anilines is 1. The van der Waals surface area contributed by atoms with Crippen molar-refractivity contribution in [2.45, 2.75) is 47.0 Å². The number of nitrogens with zero attached hydrogens (tertiary/aromatic N) is 4. The van der Waals surface area contributed by atoms with E-state index in [1.807, 2.05) is 13.8 Å². The molecule has 26 heavy (non-hydrogen) atoms. The van der Waals surface area contributed by atoms with E-state index in [0.29, 0.717) is 17.9 Å². The van der Waals surface area contributed by atoms with Gasteiger partial charge in [0.2, 0.25) is 5.91 Å². The summed E-state index contributed by atoms with van der Waals surface area (Å²) in [6.45, 7) is 7.60. The van der Waals surface area contributed by atoms with Crippen LogP contribution in [-0.4, -0.2) is 32.2 Å². The van der Waals surface area contributed by atoms with Gasteiger partial charge >= 0.3 is 6.18 Å². The molecule has 0 spiro atoms. The van der Waals surface area contributed by atoms with Gasteiger partial charge in [-0.15, -0.1) is 0 Å². The van der Waals surface area contributed by atoms with Crippen LogP contribution in [0.3, 0.4) is 0 Å². The first-order valence-electron chi connectivity index (χ1n) is 8.08. The van der Waals surface area contributed by atoms with E-state index in [9.17, 15) is 18.0 Å². The van der Waals surface area contributed by atoms with Crippen molar-refractivity contribution in [2.75, 3.05) is 11.9 Å². The Morgan fingerprint density at radius 3 is 2.50 bits per heavy atom. The molecule has 2 rings (SSSR count). The fourth-order valence-corrected chi connectivity index (χ4v) is 2.51. The summed E-state index contributed by atoms with van der Waals surface area (Å²) in [5, 5.41) is 9.82. The molecule has 7 nitrogen and oxygen atoms in total. The minimum atomic E-state index is -4.53. The third-order valence-corrected chi connectivity index (χ3v) is 3.71. The van der Waals surface area contributed by atoms with Crippen LogP contribution in [-0.2, 0) is 24.1 Å². The van der Waals surface area contributed by atoms with Crippen molar-refractivity contribution in [3.63, 3.8) is 0 Å². The van der Waals surface area contributed by atoms with Gasteiger partial charge in [-0.25, -0.2) is 9.97 Å². The molecule has 1 amide bonds. The average Bonchev–Trinajstić information content (AvgIpc) is 2.81. The van der Waals surface area contributed by atoms with E-state index in [4.69, 9.17) is 0 Å². The Bertz CT molecular complexity index is 800. The molecule has 2 N–H and O–H groups in total. The summed E-state index contributed by atoms with van der Waals surface area (Å²) in [5.41, 5.74) is 1.41. The number of halogens is 3. The SMILES string of the molecule is CCn1nc(C)c(NC(=O)CNCc2nc(C)cc(C(F)(F)F)n2)c1C. The van der Waals surface area contributed by atoms with Gasteiger partial charge in [-0.3, -0.25) is 9.48 Å². The van der Waals surface area contributed by atoms with Crippen LogP contribution in [0.25, 0.3) is 0 Å². The van der Waals surface area contributed by atoms with E-state index in [0.717, 1.165) is 11.8 Å². The van der Waals surface area contributed by atoms with Gasteiger partial charge in [0.1, 0.15) is 11.5 Å². The third kappa shape index (κ3) is 4.78. The number of hydrogen-bond acceptors (Lipinski definition) is 5. The third-order valence-electron chi connectivity index (χ3n) is 3.71. The molecule has 2 aromatic heterocycles. The summed E-state index contributed by atoms with van der Waals surface area (Å²) in [6.07, 6.45) is -4.53. The maximum absolute atomic E-state index is 12.8. The first-order valence-corrected chi connectivity index (χ1v) is 8.08. The minimum absolute atomic E-state index is 0.0173. The zero-order chi connectivity index (χ0) is 19.5. The minimum Gasteiger partial charge on any atom is -0.322 e. The van der Waals surface area contributed by atoms with Crippen LogP contribution >= 0.6 is 0 Å². The number of carbonyl (C=O) groups is 1. The number of hydrogen-bond donors (Lipinski definition) is 2. The van der Waals surface area contributed by atoms with E-state index in [1.165, 1.54) is 6.92 Å². The van der Waals surface area contributed by atoms with Crippen LogP contribution < -0.4 is 10.6 Å². The van der Waals surface area contributed by atoms with Crippen molar-refractivity contribution in [1.29, 1.82) is 0 Å². The molecule has 2 aromatic rings. The van der Waals surface area contributed by atoms with Gasteiger partial charge in [0.05, 0.1) is 30.2 Å². The summed E-state index contributed by atoms with van der Waals surface area (Å²) in [7, 11) is 0. The van der Waals surface area contributed by atoms with Crippen LogP contribution in [0.4, 0.5) is 18.9 Å². The van der Waals surface area contributed by atoms with Gasteiger partial charge in [0.15, 0.2) is 0 Å². The van der Waals surface area contributed by atoms with Gasteiger partial charge in [-0.1, -0.05) is 0 Å². The normalized spacial score (nSPS) is 11.7. The predicted octanol–water partition coefficient (Wildman–Crippen LogP) is 2.37. The Hall–Kier alpha value is -2.49. The number of alkyl halides is 3. The lowest BCUT2D eigenvalue weighted by molar-refractivity contribution is -0.141. The number of aromatic nitrogens is 4. The predicted molar refractivity (Wildman–Crippen MR) is 89.5 cm³/mol. The molecule has 10 heteroatoms. The zero-order valence-electron chi connectivity index (χ0n) is 15.0. The summed E-state index contributed by atoms with van der Waals surface area (Å²) in [6, 6.07) is 0.882. The lowest BCUT2D eigenvalue weighted by Crippen LogP contribution is -2.29. The molecule has 0 aliphatic carbocycles. The second kappa shape index (κ2) is 7.81. The summed E-state index contributed by atoms with van der Waals surface area (Å²) in [4.78, 5) is 19.5. The molecule has 2 heterocycles. The maximum Gasteiger partial charge on any atom is 0.433 e. The van der Waals surface area contributed by atoms with Crippen molar-refractivity contribution in [3.05, 3.63) is 34.7 Å². The number of nitrogens with one attached hydrogen (secondary N) is 2. The van der Waals surface area contributed by atoms with Gasteiger partial charge in [0, 0.05) is 12.2 Å². The first-order chi connectivity index (χ1) is 12.1. The highest BCUT2D eigenvalue weighted by molar-refractivity contribution is 5.93. The van der Waals surface area contributed by atoms with Crippen LogP contribution in [0.5, 0.6) is 0 Å². The van der Waals surface area contributed by atoms with Gasteiger partial charge in [0.25, 0.3) is 0 Å². The van der Waals surface area contributed by atoms with Crippen molar-refractivity contribution in [2.24, 2.45) is 0 Å². The largest absolute Gasteiger partial charge is 0.433 e. The van der Waals surface area contributed by atoms with Gasteiger partial charge < -0.3 is 10.6 Å². The Morgan fingerprint density at radius 2 is 1.92 bits per heavy atom. The maximum atomic E-state index is 12.8. The van der Waals surface area contributed by atoms with Crippen LogP contribution in [0.2, 0.25) is 0 Å². The lowest BCUT2D eigenvalue weighted by atomic mass is 10.3. The molecule has 0 bridgehead atoms. The summed E-state index contributed by atoms with van der Waals surface area (Å²) in [5.74, 6) is -0.341. The topological polar surface area (TPSA) is 84.7 Å². The monoisotopic (exact) mass is 370 g/mol. The van der Waals surface area contributed by atoms with Gasteiger partial charge in [-0.05, 0) is 33.8 Å². The molecule has 0 saturated heterocycles. The van der Waals surface area contributed by atoms with Gasteiger partial charge in [-0.2, -0.15) is 18.3 Å². The summed E-state index contributed by atoms with van der Waals surface area (Å²) >= 11 is 0. The first kappa shape index (κ1) is 19.8. The van der Waals surface area contributed by atoms with E-state index < -0.39 is 11.9 Å². The molecule has 0 aliphatic heterocycles. The quantitative estimate of drug-likeness (QED) is 0.816. The van der Waals surface area contributed by atoms with Crippen molar-refractivity contribution in [1.82, 2.24) is 25.1 Å². The van der Waals surface area contributed by atoms with Crippen molar-refractivity contribution >= 4 is 11.6 Å². The van der Waals surface area contributed by atoms with Crippen molar-refractivity contribution < 1.29 is 18.0 Å². The highest BCUT2D eigenvalue weighted by atomic mass is 19.4. The molecule has 142 valence electrons. The molecular formula is C16H21F3N6O. The highest BCUT2D eigenvalue weighted by Crippen LogP contribution is 2.27. The molecular weight excluding hydrogens is 349 g/mol. The Balaban J connectivity index is 1.95. The number of carbonyl (C=O) groups excluding carboxylic acids is 1. The average molecular weight is 370 g/mol. The van der Waals surface area contributed by atoms with E-state index in [-0.39, 0.29) is 30.5 Å². The standard InChI is InChI=1S/C16H21F3N6O/c1-5-25-11(4)15(10(3)24-25)23-14(26)8-20-7-13-21-9(2)6-12(22-13)16(17,18)19/h6,20H,5,7-8H2,1-4H3,(H,23,26). The second-order valence-electron chi connectivity index (χ2n) is 5.82. The Kier molecular flexibility index (Phi) is 5.96. The Morgan fingerprint density at radius 1 is 1.23 bits per heavy atom. The molecule has 0 fully saturated rings. The van der Waals surface area contributed by atoms with E-state index >= 15 is 0 Å². The number of aryl methyl sites for hydroxylation is 3. The number of amides is 1. The zero-order valence-corrected chi connectivity index (χ0v) is 15.0. The molecule has 0 radical (unpaired) electrons. The smallest absolute Gasteiger partial charge is 0.322 e. The molecule has 0 atom stereocenters. The molecule has 0 aliphatic rings. The fourth-order valence-electron chi connectivity index (χ4n) is 2.51. The van der Waals surface area contributed by atoms with E-state index in [1.54, 1.807) is 11.6 Å². The lowest BCUT2D eigenvalue weighted by Gasteiger charge is -2.10. The second-order valence-corrected chi connectivity index (χ2v) is 5.82. The van der Waals surface area contributed by atoms with Crippen molar-refractivity contribution in [3.8, 4) is 0 Å². The Labute approximate surface area is 149 Å². The highest BCUT2D eigenvalue weighted by Gasteiger charge is 2.33. The van der Waals surface area contributed by atoms with Crippen LogP contribution in [0.1, 0.15) is 35.5 Å². The molecule has 0 saturated carbocycles. The van der Waals surface area contributed by atoms with Crippen LogP contribution in [0, 0.1) is 20.8 Å². The summed E-state index contributed by atoms with van der Waals surface area (Å²) < 4.78 is 40.1.